The maximum atomic E-state index is 14.3. The molecule has 7 nitrogen and oxygen atoms in total. The predicted octanol–water partition coefficient (Wildman–Crippen LogP) is 2.84. The molecule has 2 aliphatic rings. The molecule has 1 N–H and O–H groups in total. The Morgan fingerprint density at radius 1 is 1.00 bits per heavy atom. The minimum atomic E-state index is -6.83. The van der Waals surface area contributed by atoms with Crippen LogP contribution in [0, 0.1) is 0 Å². The van der Waals surface area contributed by atoms with Gasteiger partial charge in [0.2, 0.25) is 10.0 Å². The van der Waals surface area contributed by atoms with Gasteiger partial charge < -0.3 is 10.1 Å². The maximum absolute atomic E-state index is 14.3. The lowest BCUT2D eigenvalue weighted by Crippen LogP contribution is -2.63. The number of halogens is 9. The zero-order chi connectivity index (χ0) is 25.1. The van der Waals surface area contributed by atoms with E-state index in [-0.39, 0.29) is 26.3 Å². The van der Waals surface area contributed by atoms with Crippen molar-refractivity contribution in [3.8, 4) is 0 Å². The van der Waals surface area contributed by atoms with Gasteiger partial charge in [-0.1, -0.05) is 6.07 Å². The molecule has 2 aliphatic heterocycles. The largest absolute Gasteiger partial charge is 0.428 e. The number of hydrogen-bond acceptors (Lipinski definition) is 5. The van der Waals surface area contributed by atoms with Gasteiger partial charge in [0.1, 0.15) is 0 Å². The normalized spacial score (nSPS) is 27.3. The van der Waals surface area contributed by atoms with Crippen LogP contribution in [0.4, 0.5) is 45.2 Å². The van der Waals surface area contributed by atoms with Crippen molar-refractivity contribution in [2.75, 3.05) is 31.6 Å². The standard InChI is InChI=1S/C16H13F9N2O5S/c17-12(18,15(23)13(19,20)14(21,22)16(24,25)32-15)11(28)26-9-2-1-3-10(8-9)33(29,30)27-4-6-31-7-5-27/h1-3,8H,4-7H2,(H,26,28). The number of hydrogen-bond donors (Lipinski definition) is 1. The fraction of sp³-hybridized carbons (Fsp3) is 0.562. The highest BCUT2D eigenvalue weighted by Crippen LogP contribution is 2.64. The molecule has 1 aromatic carbocycles. The van der Waals surface area contributed by atoms with Crippen LogP contribution in [-0.2, 0) is 24.3 Å². The molecule has 0 aliphatic carbocycles. The summed E-state index contributed by atoms with van der Waals surface area (Å²) in [6.45, 7) is -0.0553. The first kappa shape index (κ1) is 25.5. The van der Waals surface area contributed by atoms with Gasteiger partial charge in [-0.15, -0.1) is 0 Å². The minimum Gasteiger partial charge on any atom is -0.379 e. The summed E-state index contributed by atoms with van der Waals surface area (Å²) in [5, 5.41) is 1.15. The Kier molecular flexibility index (Phi) is 5.96. The zero-order valence-corrected chi connectivity index (χ0v) is 16.8. The fourth-order valence-corrected chi connectivity index (χ4v) is 4.43. The molecular formula is C16H13F9N2O5S. The van der Waals surface area contributed by atoms with Gasteiger partial charge in [-0.2, -0.15) is 43.8 Å². The van der Waals surface area contributed by atoms with Crippen LogP contribution in [0.15, 0.2) is 29.2 Å². The van der Waals surface area contributed by atoms with Gasteiger partial charge in [0, 0.05) is 18.8 Å². The third kappa shape index (κ3) is 3.64. The Morgan fingerprint density at radius 3 is 2.09 bits per heavy atom. The number of benzene rings is 1. The molecule has 0 bridgehead atoms. The van der Waals surface area contributed by atoms with Gasteiger partial charge in [-0.05, 0) is 18.2 Å². The molecule has 2 saturated heterocycles. The van der Waals surface area contributed by atoms with Crippen LogP contribution in [0.3, 0.4) is 0 Å². The number of carbonyl (C=O) groups excluding carboxylic acids is 1. The molecule has 2 heterocycles. The highest BCUT2D eigenvalue weighted by Gasteiger charge is 2.96. The topological polar surface area (TPSA) is 84.9 Å². The summed E-state index contributed by atoms with van der Waals surface area (Å²) in [6.07, 6.45) is -6.37. The number of rotatable bonds is 5. The van der Waals surface area contributed by atoms with Crippen molar-refractivity contribution in [2.24, 2.45) is 0 Å². The summed E-state index contributed by atoms with van der Waals surface area (Å²) < 4.78 is 156. The number of ether oxygens (including phenoxy) is 2. The van der Waals surface area contributed by atoms with Crippen molar-refractivity contribution >= 4 is 21.6 Å². The molecular weight excluding hydrogens is 503 g/mol. The Bertz CT molecular complexity index is 1050. The molecule has 2 fully saturated rings. The number of anilines is 1. The Labute approximate surface area is 179 Å². The van der Waals surface area contributed by atoms with Gasteiger partial charge in [-0.25, -0.2) is 8.42 Å². The lowest BCUT2D eigenvalue weighted by molar-refractivity contribution is -0.366. The van der Waals surface area contributed by atoms with E-state index in [4.69, 9.17) is 4.74 Å². The summed E-state index contributed by atoms with van der Waals surface area (Å²) in [5.74, 6) is -29.3. The van der Waals surface area contributed by atoms with Gasteiger partial charge >= 0.3 is 35.6 Å². The average molecular weight is 516 g/mol. The molecule has 0 aromatic heterocycles. The van der Waals surface area contributed by atoms with Crippen molar-refractivity contribution in [3.63, 3.8) is 0 Å². The Hall–Kier alpha value is -2.11. The van der Waals surface area contributed by atoms with E-state index in [0.29, 0.717) is 6.07 Å². The van der Waals surface area contributed by atoms with Gasteiger partial charge in [-0.3, -0.25) is 9.53 Å². The molecule has 3 rings (SSSR count). The van der Waals surface area contributed by atoms with Gasteiger partial charge in [0.05, 0.1) is 18.1 Å². The third-order valence-corrected chi connectivity index (χ3v) is 6.72. The first-order chi connectivity index (χ1) is 14.9. The lowest BCUT2D eigenvalue weighted by atomic mass is 9.99. The molecule has 0 saturated carbocycles. The second kappa shape index (κ2) is 7.71. The second-order valence-electron chi connectivity index (χ2n) is 6.94. The van der Waals surface area contributed by atoms with E-state index >= 15 is 0 Å². The van der Waals surface area contributed by atoms with Gasteiger partial charge in [0.25, 0.3) is 0 Å². The van der Waals surface area contributed by atoms with E-state index in [9.17, 15) is 52.7 Å². The number of nitrogens with one attached hydrogen (secondary N) is 1. The molecule has 33 heavy (non-hydrogen) atoms. The van der Waals surface area contributed by atoms with Crippen molar-refractivity contribution in [1.29, 1.82) is 0 Å². The summed E-state index contributed by atoms with van der Waals surface area (Å²) in [7, 11) is -4.24. The molecule has 0 spiro atoms. The third-order valence-electron chi connectivity index (χ3n) is 4.82. The minimum absolute atomic E-state index is 0.0456. The summed E-state index contributed by atoms with van der Waals surface area (Å²) in [6, 6.07) is 3.26. The van der Waals surface area contributed by atoms with E-state index in [0.717, 1.165) is 27.8 Å². The SMILES string of the molecule is O=C(Nc1cccc(S(=O)(=O)N2CCOCC2)c1)C(F)(F)C1(F)OC(F)(F)C(F)(F)C1(F)F. The molecule has 1 unspecified atom stereocenters. The Morgan fingerprint density at radius 2 is 1.58 bits per heavy atom. The summed E-state index contributed by atoms with van der Waals surface area (Å²) in [4.78, 5) is 11.2. The first-order valence-corrected chi connectivity index (χ1v) is 10.3. The van der Waals surface area contributed by atoms with E-state index in [2.05, 4.69) is 4.74 Å². The molecule has 0 radical (unpaired) electrons. The molecule has 1 aromatic rings. The number of nitrogens with zero attached hydrogens (tertiary/aromatic N) is 1. The quantitative estimate of drug-likeness (QED) is 0.609. The van der Waals surface area contributed by atoms with Crippen LogP contribution in [0.25, 0.3) is 0 Å². The number of amides is 1. The highest BCUT2D eigenvalue weighted by atomic mass is 32.2. The molecule has 1 amide bonds. The fourth-order valence-electron chi connectivity index (χ4n) is 2.98. The molecule has 186 valence electrons. The number of alkyl halides is 9. The van der Waals surface area contributed by atoms with Crippen molar-refractivity contribution in [1.82, 2.24) is 4.31 Å². The average Bonchev–Trinajstić information content (AvgIpc) is 2.83. The monoisotopic (exact) mass is 516 g/mol. The maximum Gasteiger partial charge on any atom is 0.428 e. The molecule has 1 atom stereocenters. The zero-order valence-electron chi connectivity index (χ0n) is 15.9. The van der Waals surface area contributed by atoms with Crippen LogP contribution in [0.1, 0.15) is 0 Å². The van der Waals surface area contributed by atoms with Crippen LogP contribution >= 0.6 is 0 Å². The number of carbonyl (C=O) groups is 1. The van der Waals surface area contributed by atoms with E-state index in [1.54, 1.807) is 0 Å². The van der Waals surface area contributed by atoms with Crippen molar-refractivity contribution in [3.05, 3.63) is 24.3 Å². The highest BCUT2D eigenvalue weighted by molar-refractivity contribution is 7.89. The van der Waals surface area contributed by atoms with Crippen molar-refractivity contribution < 1.29 is 62.2 Å². The number of sulfonamides is 1. The van der Waals surface area contributed by atoms with Crippen molar-refractivity contribution in [2.45, 2.75) is 34.6 Å². The van der Waals surface area contributed by atoms with E-state index < -0.39 is 56.2 Å². The summed E-state index contributed by atoms with van der Waals surface area (Å²) >= 11 is 0. The predicted molar refractivity (Wildman–Crippen MR) is 89.4 cm³/mol. The van der Waals surface area contributed by atoms with E-state index in [1.807, 2.05) is 0 Å². The van der Waals surface area contributed by atoms with Crippen LogP contribution < -0.4 is 5.32 Å². The van der Waals surface area contributed by atoms with Gasteiger partial charge in [0.15, 0.2) is 0 Å². The smallest absolute Gasteiger partial charge is 0.379 e. The van der Waals surface area contributed by atoms with Crippen LogP contribution in [0.2, 0.25) is 0 Å². The van der Waals surface area contributed by atoms with Crippen LogP contribution in [-0.4, -0.2) is 74.7 Å². The van der Waals surface area contributed by atoms with Crippen LogP contribution in [0.5, 0.6) is 0 Å². The first-order valence-electron chi connectivity index (χ1n) is 8.81. The number of morpholine rings is 1. The van der Waals surface area contributed by atoms with E-state index in [1.165, 1.54) is 0 Å². The molecule has 17 heteroatoms. The lowest BCUT2D eigenvalue weighted by Gasteiger charge is -2.31. The summed E-state index contributed by atoms with van der Waals surface area (Å²) in [5.41, 5.74) is -0.822. The Balaban J connectivity index is 1.89. The second-order valence-corrected chi connectivity index (χ2v) is 8.87.